The quantitative estimate of drug-likeness (QED) is 0.177. The average molecular weight is 520 g/mol. The van der Waals surface area contributed by atoms with Crippen LogP contribution in [0.3, 0.4) is 0 Å². The van der Waals surface area contributed by atoms with E-state index in [-0.39, 0.29) is 36.4 Å². The van der Waals surface area contributed by atoms with E-state index < -0.39 is 5.60 Å². The number of carbonyl (C=O) groups excluding carboxylic acids is 1. The first-order valence-electron chi connectivity index (χ1n) is 9.05. The predicted octanol–water partition coefficient (Wildman–Crippen LogP) is 2.85. The smallest absolute Gasteiger partial charge is 0.287 e. The molecule has 0 aliphatic carbocycles. The minimum atomic E-state index is -0.995. The molecule has 0 fully saturated rings. The van der Waals surface area contributed by atoms with Gasteiger partial charge in [0.15, 0.2) is 11.7 Å². The maximum absolute atomic E-state index is 12.0. The van der Waals surface area contributed by atoms with Crippen molar-refractivity contribution in [2.45, 2.75) is 32.8 Å². The summed E-state index contributed by atoms with van der Waals surface area (Å²) in [7, 11) is 0. The van der Waals surface area contributed by atoms with Crippen molar-refractivity contribution in [3.05, 3.63) is 46.0 Å². The zero-order valence-corrected chi connectivity index (χ0v) is 19.6. The van der Waals surface area contributed by atoms with Crippen molar-refractivity contribution in [2.75, 3.05) is 26.2 Å². The lowest BCUT2D eigenvalue weighted by molar-refractivity contribution is 0.0711. The molecule has 0 aliphatic rings. The number of aliphatic hydroxyl groups is 1. The van der Waals surface area contributed by atoms with Gasteiger partial charge >= 0.3 is 0 Å². The van der Waals surface area contributed by atoms with Crippen molar-refractivity contribution < 1.29 is 14.3 Å². The third-order valence-electron chi connectivity index (χ3n) is 3.94. The van der Waals surface area contributed by atoms with Crippen LogP contribution in [-0.2, 0) is 5.60 Å². The van der Waals surface area contributed by atoms with Gasteiger partial charge in [0.2, 0.25) is 0 Å². The Bertz CT molecular complexity index is 744. The first-order valence-corrected chi connectivity index (χ1v) is 9.93. The summed E-state index contributed by atoms with van der Waals surface area (Å²) in [5, 5.41) is 21.7. The van der Waals surface area contributed by atoms with Crippen LogP contribution in [0.2, 0.25) is 0 Å². The largest absolute Gasteiger partial charge is 0.459 e. The highest BCUT2D eigenvalue weighted by Gasteiger charge is 2.23. The number of halogens is 1. The van der Waals surface area contributed by atoms with Gasteiger partial charge in [-0.05, 0) is 44.7 Å². The molecule has 9 heteroatoms. The van der Waals surface area contributed by atoms with Crippen LogP contribution >= 0.6 is 35.3 Å². The molecule has 2 aromatic rings. The Labute approximate surface area is 187 Å². The summed E-state index contributed by atoms with van der Waals surface area (Å²) in [5.74, 6) is 0.793. The van der Waals surface area contributed by atoms with E-state index in [2.05, 4.69) is 20.9 Å². The van der Waals surface area contributed by atoms with Crippen LogP contribution in [0.4, 0.5) is 0 Å². The molecule has 2 heterocycles. The van der Waals surface area contributed by atoms with Gasteiger partial charge < -0.3 is 25.5 Å². The van der Waals surface area contributed by atoms with E-state index >= 15 is 0 Å². The average Bonchev–Trinajstić information content (AvgIpc) is 3.31. The Morgan fingerprint density at radius 2 is 2.04 bits per heavy atom. The van der Waals surface area contributed by atoms with Gasteiger partial charge in [-0.3, -0.25) is 4.79 Å². The summed E-state index contributed by atoms with van der Waals surface area (Å²) in [4.78, 5) is 17.3. The number of hydrogen-bond donors (Lipinski definition) is 4. The molecular weight excluding hydrogens is 491 g/mol. The number of aliphatic imine (C=N–C) groups is 1. The Kier molecular flexibility index (Phi) is 10.5. The van der Waals surface area contributed by atoms with Crippen molar-refractivity contribution in [3.8, 4) is 0 Å². The first-order chi connectivity index (χ1) is 12.9. The molecule has 0 saturated carbocycles. The summed E-state index contributed by atoms with van der Waals surface area (Å²) >= 11 is 1.51. The Morgan fingerprint density at radius 3 is 2.64 bits per heavy atom. The molecule has 2 aromatic heterocycles. The summed E-state index contributed by atoms with van der Waals surface area (Å²) in [5.41, 5.74) is -0.171. The fourth-order valence-electron chi connectivity index (χ4n) is 2.42. The fourth-order valence-corrected chi connectivity index (χ4v) is 3.20. The molecule has 1 atom stereocenters. The lowest BCUT2D eigenvalue weighted by atomic mass is 10.1. The van der Waals surface area contributed by atoms with Crippen LogP contribution in [0.5, 0.6) is 0 Å². The van der Waals surface area contributed by atoms with Gasteiger partial charge in [0.1, 0.15) is 5.60 Å². The molecule has 0 aliphatic heterocycles. The van der Waals surface area contributed by atoms with Crippen LogP contribution in [0.25, 0.3) is 0 Å². The van der Waals surface area contributed by atoms with Gasteiger partial charge in [0.05, 0.1) is 12.8 Å². The fraction of sp³-hybridized carbons (Fsp3) is 0.474. The number of nitrogens with zero attached hydrogens (tertiary/aromatic N) is 1. The molecule has 7 nitrogen and oxygen atoms in total. The van der Waals surface area contributed by atoms with E-state index in [1.807, 2.05) is 31.4 Å². The van der Waals surface area contributed by atoms with Crippen molar-refractivity contribution in [1.29, 1.82) is 0 Å². The van der Waals surface area contributed by atoms with E-state index in [1.54, 1.807) is 13.0 Å². The second-order valence-corrected chi connectivity index (χ2v) is 7.36. The molecule has 4 N–H and O–H groups in total. The number of carbonyl (C=O) groups is 1. The number of thiophene rings is 1. The molecular formula is C19H29IN4O3S. The van der Waals surface area contributed by atoms with Crippen molar-refractivity contribution in [2.24, 2.45) is 4.99 Å². The molecule has 156 valence electrons. The Balaban J connectivity index is 0.00000392. The highest BCUT2D eigenvalue weighted by atomic mass is 127. The standard InChI is InChI=1S/C19H28N4O3S.HI/c1-4-20-18(23-13-19(3,25)15-7-5-12-27-15)22-10-6-9-21-17(24)16-14(2)8-11-26-16;/h5,7-8,11-12,25H,4,6,9-10,13H2,1-3H3,(H,21,24)(H2,20,22,23);1H. The van der Waals surface area contributed by atoms with Crippen LogP contribution in [-0.4, -0.2) is 43.2 Å². The predicted molar refractivity (Wildman–Crippen MR) is 124 cm³/mol. The van der Waals surface area contributed by atoms with E-state index in [9.17, 15) is 9.90 Å². The van der Waals surface area contributed by atoms with Gasteiger partial charge in [0, 0.05) is 30.1 Å². The zero-order valence-electron chi connectivity index (χ0n) is 16.4. The molecule has 0 spiro atoms. The number of rotatable bonds is 9. The summed E-state index contributed by atoms with van der Waals surface area (Å²) in [6, 6.07) is 5.59. The van der Waals surface area contributed by atoms with Crippen molar-refractivity contribution >= 4 is 47.2 Å². The number of amides is 1. The molecule has 1 unspecified atom stereocenters. The maximum Gasteiger partial charge on any atom is 0.287 e. The van der Waals surface area contributed by atoms with Crippen LogP contribution < -0.4 is 16.0 Å². The number of guanidine groups is 1. The van der Waals surface area contributed by atoms with E-state index in [1.165, 1.54) is 17.6 Å². The topological polar surface area (TPSA) is 98.9 Å². The second-order valence-electron chi connectivity index (χ2n) is 6.42. The van der Waals surface area contributed by atoms with E-state index in [0.717, 1.165) is 23.4 Å². The number of aryl methyl sites for hydroxylation is 1. The maximum atomic E-state index is 12.0. The molecule has 28 heavy (non-hydrogen) atoms. The molecule has 0 aromatic carbocycles. The third kappa shape index (κ3) is 7.44. The molecule has 0 saturated heterocycles. The molecule has 1 amide bonds. The summed E-state index contributed by atoms with van der Waals surface area (Å²) < 4.78 is 5.17. The normalized spacial score (nSPS) is 13.4. The first kappa shape index (κ1) is 24.4. The van der Waals surface area contributed by atoms with Gasteiger partial charge in [0.25, 0.3) is 5.91 Å². The van der Waals surface area contributed by atoms with Crippen LogP contribution in [0.1, 0.15) is 41.3 Å². The highest BCUT2D eigenvalue weighted by Crippen LogP contribution is 2.25. The minimum Gasteiger partial charge on any atom is -0.459 e. The Morgan fingerprint density at radius 1 is 1.29 bits per heavy atom. The van der Waals surface area contributed by atoms with Gasteiger partial charge in [-0.1, -0.05) is 6.07 Å². The summed E-state index contributed by atoms with van der Waals surface area (Å²) in [6.07, 6.45) is 2.24. The zero-order chi connectivity index (χ0) is 19.7. The van der Waals surface area contributed by atoms with Crippen LogP contribution in [0.15, 0.2) is 39.3 Å². The monoisotopic (exact) mass is 520 g/mol. The SMILES string of the molecule is CCNC(=NCC(C)(O)c1cccs1)NCCCNC(=O)c1occc1C.I. The molecule has 2 rings (SSSR count). The van der Waals surface area contributed by atoms with Gasteiger partial charge in [-0.25, -0.2) is 4.99 Å². The van der Waals surface area contributed by atoms with Gasteiger partial charge in [-0.15, -0.1) is 35.3 Å². The third-order valence-corrected chi connectivity index (χ3v) is 5.06. The summed E-state index contributed by atoms with van der Waals surface area (Å²) in [6.45, 7) is 7.74. The molecule has 0 radical (unpaired) electrons. The van der Waals surface area contributed by atoms with E-state index in [0.29, 0.717) is 24.8 Å². The van der Waals surface area contributed by atoms with E-state index in [4.69, 9.17) is 4.42 Å². The lowest BCUT2D eigenvalue weighted by Gasteiger charge is -2.20. The lowest BCUT2D eigenvalue weighted by Crippen LogP contribution is -2.40. The minimum absolute atomic E-state index is 0. The second kappa shape index (κ2) is 12.1. The molecule has 0 bridgehead atoms. The Hall–Kier alpha value is -1.59. The number of nitrogens with one attached hydrogen (secondary N) is 3. The van der Waals surface area contributed by atoms with Crippen LogP contribution in [0, 0.1) is 6.92 Å². The number of furan rings is 1. The van der Waals surface area contributed by atoms with Crippen molar-refractivity contribution in [1.82, 2.24) is 16.0 Å². The number of hydrogen-bond acceptors (Lipinski definition) is 5. The van der Waals surface area contributed by atoms with Crippen molar-refractivity contribution in [3.63, 3.8) is 0 Å². The highest BCUT2D eigenvalue weighted by molar-refractivity contribution is 14.0. The van der Waals surface area contributed by atoms with Gasteiger partial charge in [-0.2, -0.15) is 0 Å².